The van der Waals surface area contributed by atoms with Gasteiger partial charge in [-0.05, 0) is 18.5 Å². The van der Waals surface area contributed by atoms with Crippen LogP contribution in [-0.2, 0) is 16.9 Å². The predicted molar refractivity (Wildman–Crippen MR) is 75.6 cm³/mol. The van der Waals surface area contributed by atoms with E-state index in [0.29, 0.717) is 19.5 Å². The maximum atomic E-state index is 12.1. The highest BCUT2D eigenvalue weighted by atomic mass is 16.1. The molecule has 2 aromatic rings. The van der Waals surface area contributed by atoms with Crippen LogP contribution in [-0.4, -0.2) is 27.2 Å². The highest BCUT2D eigenvalue weighted by Gasteiger charge is 2.37. The van der Waals surface area contributed by atoms with Gasteiger partial charge in [-0.2, -0.15) is 5.10 Å². The molecule has 1 heterocycles. The molecule has 0 radical (unpaired) electrons. The molecule has 0 spiro atoms. The molecular weight excluding hydrogens is 254 g/mol. The summed E-state index contributed by atoms with van der Waals surface area (Å²) in [6, 6.07) is 9.54. The minimum atomic E-state index is -0.887. The van der Waals surface area contributed by atoms with Crippen molar-refractivity contribution in [1.29, 1.82) is 0 Å². The van der Waals surface area contributed by atoms with E-state index in [4.69, 9.17) is 5.73 Å². The van der Waals surface area contributed by atoms with E-state index in [1.54, 1.807) is 11.0 Å². The first-order valence-corrected chi connectivity index (χ1v) is 6.62. The van der Waals surface area contributed by atoms with Gasteiger partial charge < -0.3 is 5.73 Å². The smallest absolute Gasteiger partial charge is 0.242 e. The molecule has 2 rings (SSSR count). The normalized spacial score (nSPS) is 13.8. The number of benzene rings is 1. The van der Waals surface area contributed by atoms with Crippen LogP contribution in [0.3, 0.4) is 0 Å². The summed E-state index contributed by atoms with van der Waals surface area (Å²) < 4.78 is 1.69. The van der Waals surface area contributed by atoms with Gasteiger partial charge in [-0.15, -0.1) is 0 Å². The van der Waals surface area contributed by atoms with Crippen LogP contribution in [0.5, 0.6) is 0 Å². The summed E-state index contributed by atoms with van der Waals surface area (Å²) in [5.74, 6) is -0.384. The molecule has 0 aliphatic heterocycles. The van der Waals surface area contributed by atoms with Crippen molar-refractivity contribution in [3.05, 3.63) is 48.5 Å². The molecule has 0 fully saturated rings. The summed E-state index contributed by atoms with van der Waals surface area (Å²) in [6.45, 7) is 3.16. The molecule has 1 atom stereocenters. The number of carbonyl (C=O) groups is 1. The molecule has 1 amide bonds. The molecule has 0 saturated heterocycles. The van der Waals surface area contributed by atoms with Crippen molar-refractivity contribution in [2.75, 3.05) is 6.54 Å². The Morgan fingerprint density at radius 2 is 2.15 bits per heavy atom. The Kier molecular flexibility index (Phi) is 4.47. The van der Waals surface area contributed by atoms with Gasteiger partial charge in [0.2, 0.25) is 5.91 Å². The first kappa shape index (κ1) is 14.2. The van der Waals surface area contributed by atoms with Crippen LogP contribution in [0, 0.1) is 0 Å². The molecule has 0 bridgehead atoms. The second kappa shape index (κ2) is 6.29. The molecule has 106 valence electrons. The Bertz CT molecular complexity index is 540. The van der Waals surface area contributed by atoms with Crippen LogP contribution in [0.2, 0.25) is 0 Å². The van der Waals surface area contributed by atoms with Crippen molar-refractivity contribution < 1.29 is 4.79 Å². The first-order valence-electron chi connectivity index (χ1n) is 6.62. The van der Waals surface area contributed by atoms with Crippen molar-refractivity contribution in [3.63, 3.8) is 0 Å². The van der Waals surface area contributed by atoms with Crippen LogP contribution in [0.25, 0.3) is 0 Å². The number of hydrogen-bond donors (Lipinski definition) is 2. The number of carbonyl (C=O) groups excluding carboxylic acids is 1. The molecular formula is C14H19N5O. The largest absolute Gasteiger partial charge is 0.368 e. The summed E-state index contributed by atoms with van der Waals surface area (Å²) in [5, 5.41) is 7.30. The Morgan fingerprint density at radius 1 is 1.40 bits per heavy atom. The minimum absolute atomic E-state index is 0.384. The van der Waals surface area contributed by atoms with E-state index < -0.39 is 5.54 Å². The maximum Gasteiger partial charge on any atom is 0.242 e. The Balaban J connectivity index is 2.29. The highest BCUT2D eigenvalue weighted by Crippen LogP contribution is 2.25. The fourth-order valence-corrected chi connectivity index (χ4v) is 2.34. The lowest BCUT2D eigenvalue weighted by Crippen LogP contribution is -2.53. The third kappa shape index (κ3) is 2.85. The van der Waals surface area contributed by atoms with E-state index in [-0.39, 0.29) is 5.91 Å². The zero-order chi connectivity index (χ0) is 14.4. The second-order valence-electron chi connectivity index (χ2n) is 4.57. The number of aromatic nitrogens is 3. The number of nitrogens with one attached hydrogen (secondary N) is 1. The number of primary amides is 1. The number of rotatable bonds is 7. The lowest BCUT2D eigenvalue weighted by Gasteiger charge is -2.32. The van der Waals surface area contributed by atoms with E-state index in [1.807, 2.05) is 37.3 Å². The lowest BCUT2D eigenvalue weighted by atomic mass is 9.85. The fourth-order valence-electron chi connectivity index (χ4n) is 2.34. The average molecular weight is 273 g/mol. The molecule has 6 heteroatoms. The monoisotopic (exact) mass is 273 g/mol. The van der Waals surface area contributed by atoms with E-state index in [0.717, 1.165) is 5.56 Å². The molecule has 0 aliphatic rings. The third-order valence-corrected chi connectivity index (χ3v) is 3.35. The average Bonchev–Trinajstić information content (AvgIpc) is 2.97. The lowest BCUT2D eigenvalue weighted by molar-refractivity contribution is -0.125. The number of aryl methyl sites for hydroxylation is 1. The predicted octanol–water partition coefficient (Wildman–Crippen LogP) is 0.659. The molecule has 6 nitrogen and oxygen atoms in total. The minimum Gasteiger partial charge on any atom is -0.368 e. The summed E-state index contributed by atoms with van der Waals surface area (Å²) in [6.07, 6.45) is 3.62. The molecule has 1 unspecified atom stereocenters. The number of hydrogen-bond acceptors (Lipinski definition) is 4. The van der Waals surface area contributed by atoms with Gasteiger partial charge in [0.1, 0.15) is 18.2 Å². The quantitative estimate of drug-likeness (QED) is 0.776. The van der Waals surface area contributed by atoms with Gasteiger partial charge in [0.05, 0.1) is 0 Å². The van der Waals surface area contributed by atoms with Gasteiger partial charge in [0.15, 0.2) is 0 Å². The Hall–Kier alpha value is -2.21. The number of nitrogens with two attached hydrogens (primary N) is 1. The Labute approximate surface area is 118 Å². The third-order valence-electron chi connectivity index (χ3n) is 3.35. The van der Waals surface area contributed by atoms with Crippen molar-refractivity contribution in [2.45, 2.75) is 25.4 Å². The maximum absolute atomic E-state index is 12.1. The van der Waals surface area contributed by atoms with Gasteiger partial charge in [0.25, 0.3) is 0 Å². The topological polar surface area (TPSA) is 85.8 Å². The van der Waals surface area contributed by atoms with Crippen LogP contribution in [0.15, 0.2) is 43.0 Å². The van der Waals surface area contributed by atoms with Gasteiger partial charge in [0, 0.05) is 6.54 Å². The van der Waals surface area contributed by atoms with Crippen LogP contribution >= 0.6 is 0 Å². The fraction of sp³-hybridized carbons (Fsp3) is 0.357. The SMILES string of the molecule is CCNC(CCn1cncn1)(C(N)=O)c1ccccc1. The van der Waals surface area contributed by atoms with Crippen LogP contribution in [0.4, 0.5) is 0 Å². The zero-order valence-electron chi connectivity index (χ0n) is 11.5. The van der Waals surface area contributed by atoms with Gasteiger partial charge in [-0.3, -0.25) is 14.8 Å². The molecule has 20 heavy (non-hydrogen) atoms. The van der Waals surface area contributed by atoms with E-state index in [1.165, 1.54) is 6.33 Å². The number of nitrogens with zero attached hydrogens (tertiary/aromatic N) is 3. The van der Waals surface area contributed by atoms with Crippen molar-refractivity contribution in [1.82, 2.24) is 20.1 Å². The standard InChI is InChI=1S/C14H19N5O/c1-2-17-14(13(15)20,12-6-4-3-5-7-12)8-9-19-11-16-10-18-19/h3-7,10-11,17H,2,8-9H2,1H3,(H2,15,20). The van der Waals surface area contributed by atoms with Crippen molar-refractivity contribution >= 4 is 5.91 Å². The van der Waals surface area contributed by atoms with Gasteiger partial charge in [-0.25, -0.2) is 4.98 Å². The van der Waals surface area contributed by atoms with E-state index in [2.05, 4.69) is 15.4 Å². The molecule has 1 aromatic carbocycles. The first-order chi connectivity index (χ1) is 9.69. The summed E-state index contributed by atoms with van der Waals surface area (Å²) >= 11 is 0. The van der Waals surface area contributed by atoms with Crippen molar-refractivity contribution in [3.8, 4) is 0 Å². The number of likely N-dealkylation sites (N-methyl/N-ethyl adjacent to an activating group) is 1. The highest BCUT2D eigenvalue weighted by molar-refractivity contribution is 5.86. The summed E-state index contributed by atoms with van der Waals surface area (Å²) in [5.41, 5.74) is 5.67. The van der Waals surface area contributed by atoms with Crippen LogP contribution < -0.4 is 11.1 Å². The zero-order valence-corrected chi connectivity index (χ0v) is 11.5. The molecule has 1 aromatic heterocycles. The Morgan fingerprint density at radius 3 is 2.70 bits per heavy atom. The van der Waals surface area contributed by atoms with Crippen LogP contribution in [0.1, 0.15) is 18.9 Å². The van der Waals surface area contributed by atoms with E-state index in [9.17, 15) is 4.79 Å². The number of amides is 1. The summed E-state index contributed by atoms with van der Waals surface area (Å²) in [4.78, 5) is 16.0. The molecule has 0 saturated carbocycles. The van der Waals surface area contributed by atoms with Crippen molar-refractivity contribution in [2.24, 2.45) is 5.73 Å². The van der Waals surface area contributed by atoms with E-state index >= 15 is 0 Å². The van der Waals surface area contributed by atoms with Gasteiger partial charge in [-0.1, -0.05) is 37.3 Å². The molecule has 0 aliphatic carbocycles. The van der Waals surface area contributed by atoms with Gasteiger partial charge >= 0.3 is 0 Å². The summed E-state index contributed by atoms with van der Waals surface area (Å²) in [7, 11) is 0. The molecule has 3 N–H and O–H groups in total. The second-order valence-corrected chi connectivity index (χ2v) is 4.57.